The van der Waals surface area contributed by atoms with Crippen LogP contribution in [0, 0.1) is 0 Å². The van der Waals surface area contributed by atoms with E-state index in [1.165, 1.54) is 12.6 Å². The van der Waals surface area contributed by atoms with Crippen LogP contribution in [0.4, 0.5) is 10.5 Å². The Kier molecular flexibility index (Phi) is 5.05. The summed E-state index contributed by atoms with van der Waals surface area (Å²) < 4.78 is 5.49. The van der Waals surface area contributed by atoms with Crippen molar-refractivity contribution in [3.8, 4) is 0 Å². The number of nitrogens with one attached hydrogen (secondary N) is 2. The third-order valence-corrected chi connectivity index (χ3v) is 4.83. The number of amides is 1. The van der Waals surface area contributed by atoms with E-state index in [0.29, 0.717) is 25.2 Å². The Morgan fingerprint density at radius 1 is 1.35 bits per heavy atom. The van der Waals surface area contributed by atoms with Crippen LogP contribution in [-0.4, -0.2) is 41.5 Å². The van der Waals surface area contributed by atoms with Gasteiger partial charge in [0.05, 0.1) is 18.4 Å². The monoisotopic (exact) mass is 340 g/mol. The van der Waals surface area contributed by atoms with Crippen LogP contribution in [0.1, 0.15) is 38.5 Å². The maximum atomic E-state index is 12.0. The fourth-order valence-corrected chi connectivity index (χ4v) is 3.45. The Morgan fingerprint density at radius 3 is 2.91 bits per heavy atom. The van der Waals surface area contributed by atoms with Gasteiger partial charge in [0.1, 0.15) is 11.1 Å². The van der Waals surface area contributed by atoms with E-state index in [-0.39, 0.29) is 23.3 Å². The summed E-state index contributed by atoms with van der Waals surface area (Å²) in [6, 6.07) is 0.236. The van der Waals surface area contributed by atoms with E-state index in [9.17, 15) is 9.59 Å². The molecule has 1 saturated carbocycles. The number of alkyl carbamates (subject to hydrolysis) is 1. The molecule has 0 radical (unpaired) electrons. The summed E-state index contributed by atoms with van der Waals surface area (Å²) in [6.07, 6.45) is 7.31. The van der Waals surface area contributed by atoms with Gasteiger partial charge >= 0.3 is 6.09 Å². The molecule has 1 aromatic heterocycles. The van der Waals surface area contributed by atoms with Gasteiger partial charge in [-0.05, 0) is 12.8 Å². The molecule has 8 heteroatoms. The molecule has 0 unspecified atom stereocenters. The molecule has 2 heterocycles. The van der Waals surface area contributed by atoms with Crippen LogP contribution in [0.25, 0.3) is 0 Å². The molecule has 0 bridgehead atoms. The molecule has 1 aliphatic heterocycles. The normalized spacial score (nSPS) is 22.1. The molecular formula is C15H21ClN4O3. The van der Waals surface area contributed by atoms with Crippen molar-refractivity contribution in [3.05, 3.63) is 21.6 Å². The maximum Gasteiger partial charge on any atom is 0.407 e. The lowest BCUT2D eigenvalue weighted by atomic mass is 9.96. The van der Waals surface area contributed by atoms with Crippen LogP contribution in [0.5, 0.6) is 0 Å². The number of ether oxygens (including phenoxy) is 1. The predicted octanol–water partition coefficient (Wildman–Crippen LogP) is 2.06. The zero-order valence-electron chi connectivity index (χ0n) is 12.9. The second-order valence-electron chi connectivity index (χ2n) is 6.14. The Balaban J connectivity index is 1.52. The summed E-state index contributed by atoms with van der Waals surface area (Å²) in [5, 5.41) is 9.13. The Bertz CT molecular complexity index is 615. The molecule has 1 amide bonds. The van der Waals surface area contributed by atoms with Crippen molar-refractivity contribution >= 4 is 23.4 Å². The average molecular weight is 341 g/mol. The summed E-state index contributed by atoms with van der Waals surface area (Å²) >= 11 is 6.01. The van der Waals surface area contributed by atoms with Crippen LogP contribution >= 0.6 is 11.6 Å². The number of H-pyrrole nitrogens is 1. The van der Waals surface area contributed by atoms with E-state index >= 15 is 0 Å². The van der Waals surface area contributed by atoms with Gasteiger partial charge in [-0.1, -0.05) is 30.9 Å². The van der Waals surface area contributed by atoms with Crippen molar-refractivity contribution in [2.75, 3.05) is 18.0 Å². The highest BCUT2D eigenvalue weighted by atomic mass is 35.5. The fraction of sp³-hybridized carbons (Fsp3) is 0.667. The number of nitrogens with zero attached hydrogens (tertiary/aromatic N) is 2. The number of anilines is 1. The number of carbonyl (C=O) groups excluding carboxylic acids is 1. The van der Waals surface area contributed by atoms with Crippen molar-refractivity contribution in [1.29, 1.82) is 0 Å². The molecule has 23 heavy (non-hydrogen) atoms. The lowest BCUT2D eigenvalue weighted by molar-refractivity contribution is 0.103. The van der Waals surface area contributed by atoms with E-state index in [1.54, 1.807) is 0 Å². The number of hydrogen-bond acceptors (Lipinski definition) is 5. The number of rotatable bonds is 3. The molecule has 0 aromatic carbocycles. The van der Waals surface area contributed by atoms with Crippen LogP contribution in [0.2, 0.25) is 5.02 Å². The summed E-state index contributed by atoms with van der Waals surface area (Å²) in [4.78, 5) is 25.4. The molecule has 1 saturated heterocycles. The second-order valence-corrected chi connectivity index (χ2v) is 6.52. The quantitative estimate of drug-likeness (QED) is 0.879. The second kappa shape index (κ2) is 7.21. The molecule has 1 aromatic rings. The van der Waals surface area contributed by atoms with Gasteiger partial charge in [0.2, 0.25) is 0 Å². The Hall–Kier alpha value is -1.76. The molecule has 2 aliphatic rings. The first-order chi connectivity index (χ1) is 11.1. The SMILES string of the molecule is O=C(NC1CCCCC1)O[C@@H]1CCN(c2cn[nH]c(=O)c2Cl)C1. The lowest BCUT2D eigenvalue weighted by Crippen LogP contribution is -2.39. The number of halogens is 1. The van der Waals surface area contributed by atoms with E-state index in [2.05, 4.69) is 15.5 Å². The van der Waals surface area contributed by atoms with Gasteiger partial charge < -0.3 is 15.0 Å². The van der Waals surface area contributed by atoms with Gasteiger partial charge in [-0.3, -0.25) is 4.79 Å². The minimum absolute atomic E-state index is 0.118. The first-order valence-electron chi connectivity index (χ1n) is 8.09. The van der Waals surface area contributed by atoms with Crippen molar-refractivity contribution in [1.82, 2.24) is 15.5 Å². The predicted molar refractivity (Wildman–Crippen MR) is 87.0 cm³/mol. The number of aromatic amines is 1. The van der Waals surface area contributed by atoms with Crippen LogP contribution in [-0.2, 0) is 4.74 Å². The maximum absolute atomic E-state index is 12.0. The van der Waals surface area contributed by atoms with Crippen molar-refractivity contribution in [2.24, 2.45) is 0 Å². The van der Waals surface area contributed by atoms with Gasteiger partial charge in [0, 0.05) is 19.0 Å². The van der Waals surface area contributed by atoms with Gasteiger partial charge in [-0.2, -0.15) is 5.10 Å². The van der Waals surface area contributed by atoms with E-state index in [4.69, 9.17) is 16.3 Å². The third-order valence-electron chi connectivity index (χ3n) is 4.46. The van der Waals surface area contributed by atoms with Gasteiger partial charge in [-0.15, -0.1) is 0 Å². The molecule has 3 rings (SSSR count). The number of aromatic nitrogens is 2. The zero-order valence-corrected chi connectivity index (χ0v) is 13.6. The number of hydrogen-bond donors (Lipinski definition) is 2. The van der Waals surface area contributed by atoms with E-state index in [1.807, 2.05) is 4.90 Å². The van der Waals surface area contributed by atoms with Gasteiger partial charge in [-0.25, -0.2) is 9.89 Å². The minimum Gasteiger partial charge on any atom is -0.444 e. The molecular weight excluding hydrogens is 320 g/mol. The fourth-order valence-electron chi connectivity index (χ4n) is 3.24. The smallest absolute Gasteiger partial charge is 0.407 e. The third kappa shape index (κ3) is 3.96. The molecule has 7 nitrogen and oxygen atoms in total. The van der Waals surface area contributed by atoms with Crippen molar-refractivity contribution < 1.29 is 9.53 Å². The highest BCUT2D eigenvalue weighted by molar-refractivity contribution is 6.33. The molecule has 1 atom stereocenters. The Morgan fingerprint density at radius 2 is 2.13 bits per heavy atom. The molecule has 2 N–H and O–H groups in total. The van der Waals surface area contributed by atoms with Crippen LogP contribution < -0.4 is 15.8 Å². The molecule has 2 fully saturated rings. The molecule has 1 aliphatic carbocycles. The van der Waals surface area contributed by atoms with Crippen LogP contribution in [0.15, 0.2) is 11.0 Å². The van der Waals surface area contributed by atoms with E-state index < -0.39 is 5.56 Å². The van der Waals surface area contributed by atoms with Crippen LogP contribution in [0.3, 0.4) is 0 Å². The van der Waals surface area contributed by atoms with E-state index in [0.717, 1.165) is 25.7 Å². The summed E-state index contributed by atoms with van der Waals surface area (Å²) in [7, 11) is 0. The molecule has 0 spiro atoms. The first kappa shape index (κ1) is 16.1. The summed E-state index contributed by atoms with van der Waals surface area (Å²) in [6.45, 7) is 1.19. The van der Waals surface area contributed by atoms with Gasteiger partial charge in [0.15, 0.2) is 0 Å². The number of carbonyl (C=O) groups is 1. The summed E-state index contributed by atoms with van der Waals surface area (Å²) in [5.41, 5.74) is 0.165. The largest absolute Gasteiger partial charge is 0.444 e. The van der Waals surface area contributed by atoms with Crippen molar-refractivity contribution in [2.45, 2.75) is 50.7 Å². The highest BCUT2D eigenvalue weighted by Gasteiger charge is 2.28. The van der Waals surface area contributed by atoms with Gasteiger partial charge in [0.25, 0.3) is 5.56 Å². The molecule has 126 valence electrons. The Labute approximate surface area is 139 Å². The average Bonchev–Trinajstić information content (AvgIpc) is 2.99. The standard InChI is InChI=1S/C15H21ClN4O3/c16-13-12(8-17-19-14(13)21)20-7-6-11(9-20)23-15(22)18-10-4-2-1-3-5-10/h8,10-11H,1-7,9H2,(H,18,22)(H,19,21)/t11-/m1/s1. The zero-order chi connectivity index (χ0) is 16.2. The van der Waals surface area contributed by atoms with Crippen molar-refractivity contribution in [3.63, 3.8) is 0 Å². The first-order valence-corrected chi connectivity index (χ1v) is 8.46. The summed E-state index contributed by atoms with van der Waals surface area (Å²) in [5.74, 6) is 0. The highest BCUT2D eigenvalue weighted by Crippen LogP contribution is 2.26. The minimum atomic E-state index is -0.413. The topological polar surface area (TPSA) is 87.3 Å². The lowest BCUT2D eigenvalue weighted by Gasteiger charge is -2.23.